The molecule has 0 radical (unpaired) electrons. The molecule has 0 spiro atoms. The molecule has 0 aliphatic carbocycles. The second kappa shape index (κ2) is 6.33. The maximum atomic E-state index is 10.9. The largest absolute Gasteiger partial charge is 0.373 e. The van der Waals surface area contributed by atoms with Gasteiger partial charge in [0.05, 0.1) is 6.61 Å². The van der Waals surface area contributed by atoms with Gasteiger partial charge in [-0.1, -0.05) is 37.3 Å². The zero-order valence-electron chi connectivity index (χ0n) is 8.53. The SMILES string of the molecule is CCC(=O)COCCc1ccccc1. The Hall–Kier alpha value is -1.15. The van der Waals surface area contributed by atoms with Gasteiger partial charge in [-0.05, 0) is 12.0 Å². The number of ketones is 1. The van der Waals surface area contributed by atoms with Crippen LogP contribution in [0.15, 0.2) is 30.3 Å². The molecule has 0 saturated heterocycles. The lowest BCUT2D eigenvalue weighted by Crippen LogP contribution is -2.09. The van der Waals surface area contributed by atoms with E-state index in [4.69, 9.17) is 4.74 Å². The Labute approximate surface area is 84.9 Å². The standard InChI is InChI=1S/C12H16O2/c1-2-12(13)10-14-9-8-11-6-4-3-5-7-11/h3-7H,2,8-10H2,1H3. The fourth-order valence-corrected chi connectivity index (χ4v) is 1.12. The Bertz CT molecular complexity index is 267. The van der Waals surface area contributed by atoms with E-state index in [1.807, 2.05) is 25.1 Å². The quantitative estimate of drug-likeness (QED) is 0.646. The average Bonchev–Trinajstić information content (AvgIpc) is 2.25. The number of Topliss-reactive ketones (excluding diaryl/α,β-unsaturated/α-hetero) is 1. The highest BCUT2D eigenvalue weighted by atomic mass is 16.5. The molecular weight excluding hydrogens is 176 g/mol. The van der Waals surface area contributed by atoms with Gasteiger partial charge in [-0.15, -0.1) is 0 Å². The summed E-state index contributed by atoms with van der Waals surface area (Å²) < 4.78 is 5.24. The van der Waals surface area contributed by atoms with Gasteiger partial charge in [0.15, 0.2) is 5.78 Å². The normalized spacial score (nSPS) is 10.1. The fourth-order valence-electron chi connectivity index (χ4n) is 1.12. The summed E-state index contributed by atoms with van der Waals surface area (Å²) in [7, 11) is 0. The number of carbonyl (C=O) groups excluding carboxylic acids is 1. The molecule has 14 heavy (non-hydrogen) atoms. The highest BCUT2D eigenvalue weighted by Gasteiger charge is 1.97. The highest BCUT2D eigenvalue weighted by molar-refractivity contribution is 5.79. The first-order valence-electron chi connectivity index (χ1n) is 4.96. The number of hydrogen-bond donors (Lipinski definition) is 0. The molecule has 2 heteroatoms. The Morgan fingerprint density at radius 3 is 2.64 bits per heavy atom. The Kier molecular flexibility index (Phi) is 4.94. The number of hydrogen-bond acceptors (Lipinski definition) is 2. The molecule has 0 amide bonds. The Balaban J connectivity index is 2.13. The van der Waals surface area contributed by atoms with Gasteiger partial charge in [-0.3, -0.25) is 4.79 Å². The van der Waals surface area contributed by atoms with Crippen LogP contribution in [0.2, 0.25) is 0 Å². The molecule has 0 aliphatic rings. The van der Waals surface area contributed by atoms with E-state index < -0.39 is 0 Å². The van der Waals surface area contributed by atoms with Gasteiger partial charge in [-0.2, -0.15) is 0 Å². The van der Waals surface area contributed by atoms with E-state index in [2.05, 4.69) is 12.1 Å². The summed E-state index contributed by atoms with van der Waals surface area (Å²) in [5.74, 6) is 0.165. The molecule has 0 atom stereocenters. The summed E-state index contributed by atoms with van der Waals surface area (Å²) in [5.41, 5.74) is 1.25. The van der Waals surface area contributed by atoms with Crippen molar-refractivity contribution in [2.75, 3.05) is 13.2 Å². The van der Waals surface area contributed by atoms with Crippen LogP contribution in [0.1, 0.15) is 18.9 Å². The van der Waals surface area contributed by atoms with E-state index in [1.54, 1.807) is 0 Å². The smallest absolute Gasteiger partial charge is 0.158 e. The molecule has 76 valence electrons. The molecule has 2 nitrogen and oxygen atoms in total. The van der Waals surface area contributed by atoms with Gasteiger partial charge in [0.2, 0.25) is 0 Å². The third-order valence-electron chi connectivity index (χ3n) is 2.04. The van der Waals surface area contributed by atoms with Crippen molar-refractivity contribution in [1.29, 1.82) is 0 Å². The fraction of sp³-hybridized carbons (Fsp3) is 0.417. The molecule has 0 aromatic heterocycles. The third kappa shape index (κ3) is 4.19. The van der Waals surface area contributed by atoms with Gasteiger partial charge < -0.3 is 4.74 Å². The predicted octanol–water partition coefficient (Wildman–Crippen LogP) is 2.22. The van der Waals surface area contributed by atoms with Crippen molar-refractivity contribution in [3.63, 3.8) is 0 Å². The van der Waals surface area contributed by atoms with E-state index in [9.17, 15) is 4.79 Å². The minimum atomic E-state index is 0.165. The predicted molar refractivity (Wildman–Crippen MR) is 56.3 cm³/mol. The summed E-state index contributed by atoms with van der Waals surface area (Å²) >= 11 is 0. The van der Waals surface area contributed by atoms with E-state index in [0.29, 0.717) is 13.0 Å². The first-order valence-corrected chi connectivity index (χ1v) is 4.96. The van der Waals surface area contributed by atoms with Crippen molar-refractivity contribution >= 4 is 5.78 Å². The lowest BCUT2D eigenvalue weighted by Gasteiger charge is -2.02. The van der Waals surface area contributed by atoms with Crippen molar-refractivity contribution in [2.24, 2.45) is 0 Å². The molecule has 0 fully saturated rings. The van der Waals surface area contributed by atoms with E-state index in [1.165, 1.54) is 5.56 Å². The van der Waals surface area contributed by atoms with Gasteiger partial charge in [-0.25, -0.2) is 0 Å². The van der Waals surface area contributed by atoms with Crippen molar-refractivity contribution in [2.45, 2.75) is 19.8 Å². The molecular formula is C12H16O2. The van der Waals surface area contributed by atoms with E-state index in [-0.39, 0.29) is 12.4 Å². The van der Waals surface area contributed by atoms with E-state index in [0.717, 1.165) is 6.42 Å². The number of benzene rings is 1. The van der Waals surface area contributed by atoms with Crippen LogP contribution in [0.5, 0.6) is 0 Å². The van der Waals surface area contributed by atoms with Crippen LogP contribution < -0.4 is 0 Å². The minimum Gasteiger partial charge on any atom is -0.373 e. The van der Waals surface area contributed by atoms with Crippen LogP contribution in [0, 0.1) is 0 Å². The molecule has 0 aliphatic heterocycles. The molecule has 1 aromatic rings. The van der Waals surface area contributed by atoms with E-state index >= 15 is 0 Å². The van der Waals surface area contributed by atoms with Crippen molar-refractivity contribution in [3.05, 3.63) is 35.9 Å². The topological polar surface area (TPSA) is 26.3 Å². The average molecular weight is 192 g/mol. The summed E-state index contributed by atoms with van der Waals surface area (Å²) in [6.45, 7) is 2.72. The molecule has 0 N–H and O–H groups in total. The zero-order valence-corrected chi connectivity index (χ0v) is 8.53. The van der Waals surface area contributed by atoms with Gasteiger partial charge in [0.1, 0.15) is 6.61 Å². The highest BCUT2D eigenvalue weighted by Crippen LogP contribution is 1.99. The molecule has 0 unspecified atom stereocenters. The molecule has 1 rings (SSSR count). The summed E-state index contributed by atoms with van der Waals surface area (Å²) in [6.07, 6.45) is 1.43. The van der Waals surface area contributed by atoms with Crippen LogP contribution in [-0.4, -0.2) is 19.0 Å². The summed E-state index contributed by atoms with van der Waals surface area (Å²) in [6, 6.07) is 10.1. The first kappa shape index (κ1) is 10.9. The van der Waals surface area contributed by atoms with Crippen LogP contribution in [0.3, 0.4) is 0 Å². The second-order valence-electron chi connectivity index (χ2n) is 3.18. The third-order valence-corrected chi connectivity index (χ3v) is 2.04. The number of carbonyl (C=O) groups is 1. The minimum absolute atomic E-state index is 0.165. The van der Waals surface area contributed by atoms with Crippen molar-refractivity contribution < 1.29 is 9.53 Å². The molecule has 0 bridgehead atoms. The maximum absolute atomic E-state index is 10.9. The first-order chi connectivity index (χ1) is 6.83. The van der Waals surface area contributed by atoms with Crippen LogP contribution in [0.4, 0.5) is 0 Å². The van der Waals surface area contributed by atoms with Gasteiger partial charge in [0.25, 0.3) is 0 Å². The number of rotatable bonds is 6. The Morgan fingerprint density at radius 1 is 1.29 bits per heavy atom. The monoisotopic (exact) mass is 192 g/mol. The zero-order chi connectivity index (χ0) is 10.2. The van der Waals surface area contributed by atoms with Crippen LogP contribution in [-0.2, 0) is 16.0 Å². The van der Waals surface area contributed by atoms with Crippen LogP contribution in [0.25, 0.3) is 0 Å². The maximum Gasteiger partial charge on any atom is 0.158 e. The van der Waals surface area contributed by atoms with Crippen molar-refractivity contribution in [1.82, 2.24) is 0 Å². The lowest BCUT2D eigenvalue weighted by atomic mass is 10.2. The second-order valence-corrected chi connectivity index (χ2v) is 3.18. The molecule has 1 aromatic carbocycles. The van der Waals surface area contributed by atoms with Crippen molar-refractivity contribution in [3.8, 4) is 0 Å². The molecule has 0 heterocycles. The van der Waals surface area contributed by atoms with Gasteiger partial charge in [0, 0.05) is 6.42 Å². The number of ether oxygens (including phenoxy) is 1. The summed E-state index contributed by atoms with van der Waals surface area (Å²) in [4.78, 5) is 10.9. The molecule has 0 saturated carbocycles. The summed E-state index contributed by atoms with van der Waals surface area (Å²) in [5, 5.41) is 0. The van der Waals surface area contributed by atoms with Gasteiger partial charge >= 0.3 is 0 Å². The lowest BCUT2D eigenvalue weighted by molar-refractivity contribution is -0.123. The van der Waals surface area contributed by atoms with Crippen LogP contribution >= 0.6 is 0 Å². The Morgan fingerprint density at radius 2 is 2.00 bits per heavy atom.